The monoisotopic (exact) mass is 421 g/mol. The smallest absolute Gasteiger partial charge is 0.211 e. The molecule has 0 amide bonds. The Morgan fingerprint density at radius 1 is 1.20 bits per heavy atom. The van der Waals surface area contributed by atoms with Gasteiger partial charge in [-0.05, 0) is 63.2 Å². The Labute approximate surface area is 162 Å². The van der Waals surface area contributed by atoms with Gasteiger partial charge in [0.05, 0.1) is 6.20 Å². The number of benzene rings is 1. The number of hydrogen-bond acceptors (Lipinski definition) is 4. The molecule has 6 heteroatoms. The van der Waals surface area contributed by atoms with Gasteiger partial charge in [-0.3, -0.25) is 4.79 Å². The molecule has 2 heterocycles. The first kappa shape index (κ1) is 18.7. The highest BCUT2D eigenvalue weighted by Gasteiger charge is 2.16. The lowest BCUT2D eigenvalue weighted by Gasteiger charge is -2.26. The van der Waals surface area contributed by atoms with Crippen molar-refractivity contribution >= 4 is 33.5 Å². The third-order valence-electron chi connectivity index (χ3n) is 4.58. The van der Waals surface area contributed by atoms with Crippen LogP contribution in [-0.2, 0) is 7.05 Å². The van der Waals surface area contributed by atoms with E-state index in [1.54, 1.807) is 18.0 Å². The van der Waals surface area contributed by atoms with Crippen LogP contribution in [-0.4, -0.2) is 45.6 Å². The van der Waals surface area contributed by atoms with Crippen molar-refractivity contribution in [3.8, 4) is 0 Å². The molecule has 0 unspecified atom stereocenters. The van der Waals surface area contributed by atoms with Gasteiger partial charge < -0.3 is 9.47 Å². The third-order valence-corrected chi connectivity index (χ3v) is 6.24. The summed E-state index contributed by atoms with van der Waals surface area (Å²) >= 11 is 5.13. The van der Waals surface area contributed by atoms with Crippen LogP contribution in [0.15, 0.2) is 40.1 Å². The second-order valence-electron chi connectivity index (χ2n) is 6.43. The van der Waals surface area contributed by atoms with Crippen LogP contribution in [0.25, 0.3) is 0 Å². The Balaban J connectivity index is 1.53. The molecule has 0 saturated carbocycles. The largest absolute Gasteiger partial charge is 0.319 e. The zero-order valence-electron chi connectivity index (χ0n) is 14.6. The highest BCUT2D eigenvalue weighted by atomic mass is 79.9. The third kappa shape index (κ3) is 4.96. The van der Waals surface area contributed by atoms with Crippen LogP contribution in [0.2, 0.25) is 0 Å². The summed E-state index contributed by atoms with van der Waals surface area (Å²) < 4.78 is 2.88. The maximum absolute atomic E-state index is 12.6. The Kier molecular flexibility index (Phi) is 6.73. The Hall–Kier alpha value is -1.11. The molecule has 1 fully saturated rings. The number of aromatic nitrogens is 2. The molecule has 1 aliphatic rings. The number of carbonyl (C=O) groups excluding carboxylic acids is 1. The van der Waals surface area contributed by atoms with E-state index in [9.17, 15) is 4.79 Å². The van der Waals surface area contributed by atoms with Crippen LogP contribution in [0.4, 0.5) is 0 Å². The van der Waals surface area contributed by atoms with Gasteiger partial charge in [-0.15, -0.1) is 0 Å². The Morgan fingerprint density at radius 3 is 2.64 bits per heavy atom. The molecular formula is C19H24BrN3OS. The molecule has 134 valence electrons. The maximum atomic E-state index is 12.6. The van der Waals surface area contributed by atoms with E-state index in [0.717, 1.165) is 21.8 Å². The molecule has 1 saturated heterocycles. The van der Waals surface area contributed by atoms with E-state index in [-0.39, 0.29) is 5.78 Å². The minimum Gasteiger partial charge on any atom is -0.319 e. The Morgan fingerprint density at radius 2 is 1.92 bits per heavy atom. The average Bonchev–Trinajstić information content (AvgIpc) is 3.00. The van der Waals surface area contributed by atoms with Crippen LogP contribution in [0, 0.1) is 0 Å². The topological polar surface area (TPSA) is 38.1 Å². The van der Waals surface area contributed by atoms with E-state index in [2.05, 4.69) is 25.8 Å². The molecule has 0 spiro atoms. The molecule has 2 aromatic rings. The molecule has 1 aromatic carbocycles. The molecular weight excluding hydrogens is 398 g/mol. The summed E-state index contributed by atoms with van der Waals surface area (Å²) in [6.07, 6.45) is 6.92. The molecule has 3 rings (SSSR count). The normalized spacial score (nSPS) is 15.4. The summed E-state index contributed by atoms with van der Waals surface area (Å²) in [6.45, 7) is 3.67. The number of piperidine rings is 1. The standard InChI is InChI=1S/C19H24BrN3OS/c1-22-17(18(24)15-6-8-16(20)9-7-15)14-21-19(22)25-13-5-12-23-10-3-2-4-11-23/h6-9,14H,2-5,10-13H2,1H3. The highest BCUT2D eigenvalue weighted by molar-refractivity contribution is 9.10. The van der Waals surface area contributed by atoms with Gasteiger partial charge >= 0.3 is 0 Å². The molecule has 0 radical (unpaired) electrons. The van der Waals surface area contributed by atoms with E-state index >= 15 is 0 Å². The number of halogens is 1. The first-order chi connectivity index (χ1) is 12.1. The molecule has 1 aromatic heterocycles. The zero-order valence-corrected chi connectivity index (χ0v) is 17.0. The van der Waals surface area contributed by atoms with E-state index in [4.69, 9.17) is 0 Å². The maximum Gasteiger partial charge on any atom is 0.211 e. The molecule has 0 atom stereocenters. The van der Waals surface area contributed by atoms with Gasteiger partial charge in [-0.25, -0.2) is 4.98 Å². The van der Waals surface area contributed by atoms with Crippen molar-refractivity contribution in [3.05, 3.63) is 46.2 Å². The number of nitrogens with zero attached hydrogens (tertiary/aromatic N) is 3. The molecule has 25 heavy (non-hydrogen) atoms. The quantitative estimate of drug-likeness (QED) is 0.377. The summed E-state index contributed by atoms with van der Waals surface area (Å²) in [7, 11) is 1.92. The van der Waals surface area contributed by atoms with E-state index in [1.165, 1.54) is 38.9 Å². The fourth-order valence-electron chi connectivity index (χ4n) is 3.12. The fourth-order valence-corrected chi connectivity index (χ4v) is 4.26. The van der Waals surface area contributed by atoms with Gasteiger partial charge in [-0.2, -0.15) is 0 Å². The minimum atomic E-state index is 0.0164. The van der Waals surface area contributed by atoms with Crippen molar-refractivity contribution in [1.82, 2.24) is 14.5 Å². The van der Waals surface area contributed by atoms with Crippen molar-refractivity contribution in [2.75, 3.05) is 25.4 Å². The van der Waals surface area contributed by atoms with Crippen LogP contribution in [0.1, 0.15) is 41.7 Å². The first-order valence-corrected chi connectivity index (χ1v) is 10.6. The minimum absolute atomic E-state index is 0.0164. The van der Waals surface area contributed by atoms with Crippen LogP contribution < -0.4 is 0 Å². The van der Waals surface area contributed by atoms with Crippen molar-refractivity contribution < 1.29 is 4.79 Å². The number of likely N-dealkylation sites (tertiary alicyclic amines) is 1. The van der Waals surface area contributed by atoms with E-state index in [1.807, 2.05) is 35.9 Å². The SMILES string of the molecule is Cn1c(C(=O)c2ccc(Br)cc2)cnc1SCCCN1CCCCC1. The lowest BCUT2D eigenvalue weighted by atomic mass is 10.1. The van der Waals surface area contributed by atoms with Gasteiger partial charge in [0.25, 0.3) is 0 Å². The second kappa shape index (κ2) is 9.01. The number of carbonyl (C=O) groups is 1. The highest BCUT2D eigenvalue weighted by Crippen LogP contribution is 2.21. The summed E-state index contributed by atoms with van der Waals surface area (Å²) in [6, 6.07) is 7.45. The molecule has 1 aliphatic heterocycles. The Bertz CT molecular complexity index is 708. The van der Waals surface area contributed by atoms with Crippen LogP contribution in [0.5, 0.6) is 0 Å². The summed E-state index contributed by atoms with van der Waals surface area (Å²) in [5.41, 5.74) is 1.33. The van der Waals surface area contributed by atoms with E-state index in [0.29, 0.717) is 11.3 Å². The van der Waals surface area contributed by atoms with Crippen molar-refractivity contribution in [2.24, 2.45) is 7.05 Å². The fraction of sp³-hybridized carbons (Fsp3) is 0.474. The molecule has 0 N–H and O–H groups in total. The lowest BCUT2D eigenvalue weighted by Crippen LogP contribution is -2.30. The first-order valence-electron chi connectivity index (χ1n) is 8.82. The van der Waals surface area contributed by atoms with Gasteiger partial charge in [-0.1, -0.05) is 34.1 Å². The van der Waals surface area contributed by atoms with Crippen molar-refractivity contribution in [2.45, 2.75) is 30.8 Å². The number of imidazole rings is 1. The van der Waals surface area contributed by atoms with E-state index < -0.39 is 0 Å². The van der Waals surface area contributed by atoms with Crippen molar-refractivity contribution in [1.29, 1.82) is 0 Å². The molecule has 4 nitrogen and oxygen atoms in total. The van der Waals surface area contributed by atoms with Gasteiger partial charge in [0.1, 0.15) is 5.69 Å². The van der Waals surface area contributed by atoms with Crippen molar-refractivity contribution in [3.63, 3.8) is 0 Å². The predicted octanol–water partition coefficient (Wildman–Crippen LogP) is 4.38. The van der Waals surface area contributed by atoms with Gasteiger partial charge in [0.15, 0.2) is 5.16 Å². The molecule has 0 bridgehead atoms. The van der Waals surface area contributed by atoms with Gasteiger partial charge in [0, 0.05) is 22.8 Å². The van der Waals surface area contributed by atoms with Gasteiger partial charge in [0.2, 0.25) is 5.78 Å². The average molecular weight is 422 g/mol. The second-order valence-corrected chi connectivity index (χ2v) is 8.40. The summed E-state index contributed by atoms with van der Waals surface area (Å²) in [4.78, 5) is 19.6. The predicted molar refractivity (Wildman–Crippen MR) is 106 cm³/mol. The zero-order chi connectivity index (χ0) is 17.6. The number of thioether (sulfide) groups is 1. The number of hydrogen-bond donors (Lipinski definition) is 0. The molecule has 0 aliphatic carbocycles. The summed E-state index contributed by atoms with van der Waals surface area (Å²) in [5, 5.41) is 0.916. The van der Waals surface area contributed by atoms with Crippen LogP contribution in [0.3, 0.4) is 0 Å². The van der Waals surface area contributed by atoms with Crippen LogP contribution >= 0.6 is 27.7 Å². The lowest BCUT2D eigenvalue weighted by molar-refractivity contribution is 0.103. The summed E-state index contributed by atoms with van der Waals surface area (Å²) in [5.74, 6) is 1.05. The number of rotatable bonds is 7. The number of ketones is 1.